The van der Waals surface area contributed by atoms with Gasteiger partial charge in [0.2, 0.25) is 5.11 Å². The maximum Gasteiger partial charge on any atom is 0.211 e. The van der Waals surface area contributed by atoms with Gasteiger partial charge in [0.25, 0.3) is 0 Å². The molecule has 0 radical (unpaired) electrons. The molecule has 0 aliphatic heterocycles. The third-order valence-corrected chi connectivity index (χ3v) is 3.72. The van der Waals surface area contributed by atoms with Crippen LogP contribution in [0.2, 0.25) is 0 Å². The van der Waals surface area contributed by atoms with Crippen LogP contribution >= 0.6 is 44.1 Å². The first-order valence-electron chi connectivity index (χ1n) is 5.37. The molecule has 0 saturated carbocycles. The molecule has 2 rings (SSSR count). The fourth-order valence-corrected chi connectivity index (χ4v) is 3.36. The lowest BCUT2D eigenvalue weighted by Crippen LogP contribution is -2.02. The average Bonchev–Trinajstić information content (AvgIpc) is 2.60. The lowest BCUT2D eigenvalue weighted by molar-refractivity contribution is 0.480. The highest BCUT2D eigenvalue weighted by molar-refractivity contribution is 9.11. The van der Waals surface area contributed by atoms with E-state index in [1.165, 1.54) is 0 Å². The third-order valence-electron chi connectivity index (χ3n) is 2.58. The van der Waals surface area contributed by atoms with Crippen molar-refractivity contribution >= 4 is 65.9 Å². The Kier molecular flexibility index (Phi) is 4.22. The summed E-state index contributed by atoms with van der Waals surface area (Å²) >= 11 is 11.5. The molecular weight excluding hydrogens is 396 g/mol. The minimum atomic E-state index is -0.0763. The summed E-state index contributed by atoms with van der Waals surface area (Å²) in [7, 11) is 0. The van der Waals surface area contributed by atoms with Crippen molar-refractivity contribution in [1.82, 2.24) is 4.57 Å². The summed E-state index contributed by atoms with van der Waals surface area (Å²) in [6.45, 7) is 2.58. The van der Waals surface area contributed by atoms with E-state index in [0.29, 0.717) is 17.7 Å². The van der Waals surface area contributed by atoms with Crippen molar-refractivity contribution < 1.29 is 5.11 Å². The molecule has 100 valence electrons. The molecule has 0 aliphatic rings. The van der Waals surface area contributed by atoms with Crippen LogP contribution in [0, 0.1) is 0 Å². The van der Waals surface area contributed by atoms with Crippen molar-refractivity contribution in [2.24, 2.45) is 16.0 Å². The Labute approximate surface area is 131 Å². The van der Waals surface area contributed by atoms with E-state index >= 15 is 0 Å². The Morgan fingerprint density at radius 3 is 2.74 bits per heavy atom. The Bertz CT molecular complexity index is 696. The maximum absolute atomic E-state index is 10.3. The molecule has 1 aromatic heterocycles. The highest BCUT2D eigenvalue weighted by atomic mass is 79.9. The van der Waals surface area contributed by atoms with Gasteiger partial charge in [-0.05, 0) is 47.2 Å². The number of azo groups is 1. The summed E-state index contributed by atoms with van der Waals surface area (Å²) < 4.78 is 3.54. The van der Waals surface area contributed by atoms with Gasteiger partial charge < -0.3 is 15.4 Å². The summed E-state index contributed by atoms with van der Waals surface area (Å²) in [6, 6.07) is 3.73. The lowest BCUT2D eigenvalue weighted by Gasteiger charge is -2.04. The molecule has 2 aromatic rings. The minimum Gasteiger partial charge on any atom is -0.504 e. The first kappa shape index (κ1) is 14.4. The van der Waals surface area contributed by atoms with Crippen LogP contribution in [0.1, 0.15) is 6.92 Å². The number of fused-ring (bicyclic) bond motifs is 1. The Morgan fingerprint density at radius 2 is 2.16 bits per heavy atom. The second kappa shape index (κ2) is 5.56. The standard InChI is InChI=1S/C11H10Br2N4OS/c1-2-17-8-6(3-5(12)4-7(8)13)9(18)10(17)15-16-11(14)19/h3-4,18H,2H2,1H3,(H2,14,19)/b16-15+. The van der Waals surface area contributed by atoms with Crippen molar-refractivity contribution in [2.45, 2.75) is 13.5 Å². The second-order valence-electron chi connectivity index (χ2n) is 3.74. The van der Waals surface area contributed by atoms with E-state index in [1.807, 2.05) is 23.6 Å². The lowest BCUT2D eigenvalue weighted by atomic mass is 10.2. The first-order valence-corrected chi connectivity index (χ1v) is 7.36. The van der Waals surface area contributed by atoms with Crippen LogP contribution < -0.4 is 5.73 Å². The van der Waals surface area contributed by atoms with E-state index in [9.17, 15) is 5.11 Å². The van der Waals surface area contributed by atoms with E-state index in [4.69, 9.17) is 5.73 Å². The van der Waals surface area contributed by atoms with Gasteiger partial charge in [0.05, 0.1) is 5.52 Å². The number of hydrogen-bond donors (Lipinski definition) is 2. The molecule has 0 spiro atoms. The number of rotatable bonds is 2. The summed E-state index contributed by atoms with van der Waals surface area (Å²) in [5.41, 5.74) is 6.14. The highest BCUT2D eigenvalue weighted by Crippen LogP contribution is 2.42. The quantitative estimate of drug-likeness (QED) is 0.580. The van der Waals surface area contributed by atoms with Gasteiger partial charge in [-0.1, -0.05) is 15.9 Å². The Balaban J connectivity index is 2.81. The summed E-state index contributed by atoms with van der Waals surface area (Å²) in [5.74, 6) is 0.392. The molecule has 3 N–H and O–H groups in total. The Hall–Kier alpha value is -0.990. The van der Waals surface area contributed by atoms with Gasteiger partial charge in [-0.3, -0.25) is 0 Å². The number of thiocarbonyl (C=S) groups is 1. The van der Waals surface area contributed by atoms with E-state index < -0.39 is 0 Å². The van der Waals surface area contributed by atoms with Crippen LogP contribution in [0.5, 0.6) is 5.75 Å². The van der Waals surface area contributed by atoms with Crippen molar-refractivity contribution in [3.05, 3.63) is 21.1 Å². The summed E-state index contributed by atoms with van der Waals surface area (Å²) in [5, 5.41) is 18.4. The van der Waals surface area contributed by atoms with Crippen LogP contribution in [0.15, 0.2) is 31.3 Å². The average molecular weight is 406 g/mol. The number of benzene rings is 1. The molecular formula is C11H10Br2N4OS. The molecule has 0 saturated heterocycles. The number of halogens is 2. The second-order valence-corrected chi connectivity index (χ2v) is 5.93. The molecule has 0 fully saturated rings. The van der Waals surface area contributed by atoms with Crippen molar-refractivity contribution in [3.8, 4) is 5.75 Å². The molecule has 1 heterocycles. The minimum absolute atomic E-state index is 0.0545. The number of aromatic nitrogens is 1. The summed E-state index contributed by atoms with van der Waals surface area (Å²) in [4.78, 5) is 0. The van der Waals surface area contributed by atoms with Gasteiger partial charge in [-0.25, -0.2) is 0 Å². The largest absolute Gasteiger partial charge is 0.504 e. The first-order chi connectivity index (χ1) is 8.95. The van der Waals surface area contributed by atoms with Gasteiger partial charge in [0.15, 0.2) is 11.6 Å². The van der Waals surface area contributed by atoms with Crippen LogP contribution in [-0.2, 0) is 6.54 Å². The molecule has 5 nitrogen and oxygen atoms in total. The molecule has 0 amide bonds. The van der Waals surface area contributed by atoms with E-state index in [1.54, 1.807) is 0 Å². The SMILES string of the molecule is CCn1c(/N=N/C(N)=S)c(O)c2cc(Br)cc(Br)c21. The predicted molar refractivity (Wildman–Crippen MR) is 86.0 cm³/mol. The zero-order valence-corrected chi connectivity index (χ0v) is 13.9. The van der Waals surface area contributed by atoms with Crippen molar-refractivity contribution in [3.63, 3.8) is 0 Å². The van der Waals surface area contributed by atoms with Gasteiger partial charge in [0, 0.05) is 20.9 Å². The fraction of sp³-hybridized carbons (Fsp3) is 0.182. The molecule has 0 unspecified atom stereocenters. The number of aromatic hydroxyl groups is 1. The highest BCUT2D eigenvalue weighted by Gasteiger charge is 2.18. The molecule has 19 heavy (non-hydrogen) atoms. The van der Waals surface area contributed by atoms with Crippen LogP contribution in [-0.4, -0.2) is 14.8 Å². The molecule has 0 aliphatic carbocycles. The van der Waals surface area contributed by atoms with E-state index in [0.717, 1.165) is 14.5 Å². The zero-order valence-electron chi connectivity index (χ0n) is 9.89. The predicted octanol–water partition coefficient (Wildman–Crippen LogP) is 4.22. The van der Waals surface area contributed by atoms with Crippen LogP contribution in [0.3, 0.4) is 0 Å². The number of nitrogens with zero attached hydrogens (tertiary/aromatic N) is 3. The van der Waals surface area contributed by atoms with Gasteiger partial charge in [0.1, 0.15) is 0 Å². The fourth-order valence-electron chi connectivity index (χ4n) is 1.88. The van der Waals surface area contributed by atoms with Gasteiger partial charge in [-0.15, -0.1) is 10.2 Å². The van der Waals surface area contributed by atoms with E-state index in [-0.39, 0.29) is 10.9 Å². The van der Waals surface area contributed by atoms with E-state index in [2.05, 4.69) is 54.3 Å². The molecule has 0 atom stereocenters. The molecule has 1 aromatic carbocycles. The number of aryl methyl sites for hydroxylation is 1. The number of nitrogens with two attached hydrogens (primary N) is 1. The van der Waals surface area contributed by atoms with Gasteiger partial charge in [-0.2, -0.15) is 0 Å². The smallest absolute Gasteiger partial charge is 0.211 e. The zero-order chi connectivity index (χ0) is 14.2. The monoisotopic (exact) mass is 404 g/mol. The van der Waals surface area contributed by atoms with Crippen LogP contribution in [0.25, 0.3) is 10.9 Å². The molecule has 0 bridgehead atoms. The maximum atomic E-state index is 10.3. The van der Waals surface area contributed by atoms with Crippen molar-refractivity contribution in [1.29, 1.82) is 0 Å². The van der Waals surface area contributed by atoms with Crippen LogP contribution in [0.4, 0.5) is 5.82 Å². The molecule has 8 heteroatoms. The van der Waals surface area contributed by atoms with Crippen molar-refractivity contribution in [2.75, 3.05) is 0 Å². The Morgan fingerprint density at radius 1 is 1.47 bits per heavy atom. The third kappa shape index (κ3) is 2.65. The number of hydrogen-bond acceptors (Lipinski definition) is 3. The summed E-state index contributed by atoms with van der Waals surface area (Å²) in [6.07, 6.45) is 0. The normalized spacial score (nSPS) is 11.5. The topological polar surface area (TPSA) is 75.9 Å². The van der Waals surface area contributed by atoms with Gasteiger partial charge >= 0.3 is 0 Å².